The zero-order valence-corrected chi connectivity index (χ0v) is 14.7. The van der Waals surface area contributed by atoms with Gasteiger partial charge in [0, 0.05) is 42.1 Å². The van der Waals surface area contributed by atoms with Crippen LogP contribution in [0.25, 0.3) is 11.4 Å². The molecule has 2 aliphatic heterocycles. The van der Waals surface area contributed by atoms with Crippen molar-refractivity contribution in [3.8, 4) is 11.4 Å². The minimum Gasteiger partial charge on any atom is -0.339 e. The first-order valence-corrected chi connectivity index (χ1v) is 9.19. The van der Waals surface area contributed by atoms with E-state index in [9.17, 15) is 4.79 Å². The Morgan fingerprint density at radius 1 is 1.24 bits per heavy atom. The van der Waals surface area contributed by atoms with Crippen molar-refractivity contribution in [1.29, 1.82) is 0 Å². The molecule has 1 aromatic heterocycles. The van der Waals surface area contributed by atoms with Gasteiger partial charge in [-0.05, 0) is 50.1 Å². The highest BCUT2D eigenvalue weighted by atomic mass is 35.5. The van der Waals surface area contributed by atoms with E-state index in [1.165, 1.54) is 0 Å². The minimum absolute atomic E-state index is 0.197. The molecule has 3 heterocycles. The van der Waals surface area contributed by atoms with Gasteiger partial charge in [-0.25, -0.2) is 0 Å². The molecule has 25 heavy (non-hydrogen) atoms. The number of aryl methyl sites for hydroxylation is 1. The van der Waals surface area contributed by atoms with Crippen LogP contribution in [0.3, 0.4) is 0 Å². The number of amides is 1. The smallest absolute Gasteiger partial charge is 0.227 e. The number of nitrogens with zero attached hydrogens (tertiary/aromatic N) is 3. The van der Waals surface area contributed by atoms with Crippen LogP contribution in [0, 0.1) is 0 Å². The van der Waals surface area contributed by atoms with E-state index < -0.39 is 0 Å². The molecule has 1 aromatic carbocycles. The van der Waals surface area contributed by atoms with Gasteiger partial charge in [-0.3, -0.25) is 4.79 Å². The molecule has 2 aliphatic rings. The maximum atomic E-state index is 12.7. The summed E-state index contributed by atoms with van der Waals surface area (Å²) >= 11 is 5.89. The van der Waals surface area contributed by atoms with Gasteiger partial charge < -0.3 is 14.7 Å². The van der Waals surface area contributed by atoms with Crippen LogP contribution in [-0.2, 0) is 11.2 Å². The molecule has 4 rings (SSSR count). The van der Waals surface area contributed by atoms with Crippen molar-refractivity contribution in [2.24, 2.45) is 0 Å². The molecule has 6 nitrogen and oxygen atoms in total. The van der Waals surface area contributed by atoms with Gasteiger partial charge in [-0.2, -0.15) is 4.98 Å². The molecule has 2 fully saturated rings. The zero-order chi connectivity index (χ0) is 17.2. The molecule has 132 valence electrons. The second kappa shape index (κ2) is 7.14. The van der Waals surface area contributed by atoms with Gasteiger partial charge in [-0.1, -0.05) is 16.8 Å². The second-order valence-electron chi connectivity index (χ2n) is 6.70. The number of hydrogen-bond donors (Lipinski definition) is 1. The molecule has 2 bridgehead atoms. The topological polar surface area (TPSA) is 71.3 Å². The van der Waals surface area contributed by atoms with Crippen molar-refractivity contribution in [2.75, 3.05) is 13.1 Å². The lowest BCUT2D eigenvalue weighted by atomic mass is 10.1. The molecule has 2 atom stereocenters. The Morgan fingerprint density at radius 3 is 2.88 bits per heavy atom. The highest BCUT2D eigenvalue weighted by Gasteiger charge is 2.37. The van der Waals surface area contributed by atoms with E-state index >= 15 is 0 Å². The Morgan fingerprint density at radius 2 is 2.04 bits per heavy atom. The summed E-state index contributed by atoms with van der Waals surface area (Å²) < 4.78 is 5.30. The van der Waals surface area contributed by atoms with Crippen LogP contribution >= 0.6 is 11.6 Å². The largest absolute Gasteiger partial charge is 0.339 e. The van der Waals surface area contributed by atoms with E-state index in [4.69, 9.17) is 16.1 Å². The number of nitrogens with one attached hydrogen (secondary N) is 1. The first kappa shape index (κ1) is 16.5. The van der Waals surface area contributed by atoms with Crippen LogP contribution in [0.15, 0.2) is 28.8 Å². The lowest BCUT2D eigenvalue weighted by molar-refractivity contribution is -0.133. The summed E-state index contributed by atoms with van der Waals surface area (Å²) in [6.07, 6.45) is 4.16. The van der Waals surface area contributed by atoms with Crippen molar-refractivity contribution < 1.29 is 9.32 Å². The van der Waals surface area contributed by atoms with Gasteiger partial charge in [-0.15, -0.1) is 0 Å². The maximum absolute atomic E-state index is 12.7. The van der Waals surface area contributed by atoms with E-state index in [0.717, 1.165) is 37.9 Å². The van der Waals surface area contributed by atoms with Crippen molar-refractivity contribution >= 4 is 17.5 Å². The fourth-order valence-corrected chi connectivity index (χ4v) is 3.93. The average Bonchev–Trinajstić information content (AvgIpc) is 3.17. The molecule has 1 amide bonds. The Balaban J connectivity index is 1.38. The second-order valence-corrected chi connectivity index (χ2v) is 7.13. The van der Waals surface area contributed by atoms with Crippen molar-refractivity contribution in [1.82, 2.24) is 20.4 Å². The van der Waals surface area contributed by atoms with Crippen LogP contribution in [0.5, 0.6) is 0 Å². The SMILES string of the molecule is O=C(CCc1nc(-c2ccc(Cl)cc2)no1)N1C2CCNCC1CC2. The van der Waals surface area contributed by atoms with Crippen LogP contribution in [0.4, 0.5) is 0 Å². The lowest BCUT2D eigenvalue weighted by Crippen LogP contribution is -2.42. The third-order valence-electron chi connectivity index (χ3n) is 5.07. The zero-order valence-electron chi connectivity index (χ0n) is 13.9. The van der Waals surface area contributed by atoms with Crippen molar-refractivity contribution in [3.05, 3.63) is 35.2 Å². The number of aromatic nitrogens is 2. The Labute approximate surface area is 151 Å². The molecule has 0 aliphatic carbocycles. The van der Waals surface area contributed by atoms with Crippen molar-refractivity contribution in [2.45, 2.75) is 44.2 Å². The molecule has 0 saturated carbocycles. The molecule has 0 radical (unpaired) electrons. The third-order valence-corrected chi connectivity index (χ3v) is 5.32. The van der Waals surface area contributed by atoms with Crippen LogP contribution in [0.2, 0.25) is 5.02 Å². The fraction of sp³-hybridized carbons (Fsp3) is 0.500. The lowest BCUT2D eigenvalue weighted by Gasteiger charge is -2.27. The molecule has 2 aromatic rings. The highest BCUT2D eigenvalue weighted by Crippen LogP contribution is 2.28. The minimum atomic E-state index is 0.197. The van der Waals surface area contributed by atoms with Gasteiger partial charge >= 0.3 is 0 Å². The van der Waals surface area contributed by atoms with Crippen LogP contribution < -0.4 is 5.32 Å². The van der Waals surface area contributed by atoms with Crippen molar-refractivity contribution in [3.63, 3.8) is 0 Å². The third kappa shape index (κ3) is 3.55. The number of carbonyl (C=O) groups excluding carboxylic acids is 1. The quantitative estimate of drug-likeness (QED) is 0.907. The molecule has 7 heteroatoms. The Kier molecular flexibility index (Phi) is 4.72. The predicted octanol–water partition coefficient (Wildman–Crippen LogP) is 2.68. The monoisotopic (exact) mass is 360 g/mol. The number of rotatable bonds is 4. The summed E-state index contributed by atoms with van der Waals surface area (Å²) in [5.74, 6) is 1.22. The highest BCUT2D eigenvalue weighted by molar-refractivity contribution is 6.30. The fourth-order valence-electron chi connectivity index (χ4n) is 3.81. The Hall–Kier alpha value is -1.92. The average molecular weight is 361 g/mol. The molecular weight excluding hydrogens is 340 g/mol. The number of carbonyl (C=O) groups is 1. The standard InChI is InChI=1S/C18H21ClN4O2/c19-13-3-1-12(2-4-13)18-21-16(25-22-18)7-8-17(24)23-14-5-6-15(23)11-20-10-9-14/h1-4,14-15,20H,5-11H2. The van der Waals surface area contributed by atoms with E-state index in [1.807, 2.05) is 12.1 Å². The van der Waals surface area contributed by atoms with Crippen LogP contribution in [0.1, 0.15) is 31.6 Å². The van der Waals surface area contributed by atoms with E-state index in [1.54, 1.807) is 12.1 Å². The van der Waals surface area contributed by atoms with E-state index in [0.29, 0.717) is 41.7 Å². The summed E-state index contributed by atoms with van der Waals surface area (Å²) in [6, 6.07) is 8.01. The van der Waals surface area contributed by atoms with E-state index in [-0.39, 0.29) is 5.91 Å². The first-order valence-electron chi connectivity index (χ1n) is 8.81. The first-order chi connectivity index (χ1) is 12.2. The van der Waals surface area contributed by atoms with E-state index in [2.05, 4.69) is 20.4 Å². The number of benzene rings is 1. The number of halogens is 1. The van der Waals surface area contributed by atoms with Gasteiger partial charge in [0.05, 0.1) is 0 Å². The van der Waals surface area contributed by atoms with Gasteiger partial charge in [0.2, 0.25) is 17.6 Å². The summed E-state index contributed by atoms with van der Waals surface area (Å²) in [7, 11) is 0. The summed E-state index contributed by atoms with van der Waals surface area (Å²) in [5.41, 5.74) is 0.849. The molecular formula is C18H21ClN4O2. The molecule has 2 unspecified atom stereocenters. The maximum Gasteiger partial charge on any atom is 0.227 e. The van der Waals surface area contributed by atoms with Gasteiger partial charge in [0.1, 0.15) is 0 Å². The molecule has 2 saturated heterocycles. The molecule has 0 spiro atoms. The summed E-state index contributed by atoms with van der Waals surface area (Å²) in [4.78, 5) is 19.2. The number of hydrogen-bond acceptors (Lipinski definition) is 5. The van der Waals surface area contributed by atoms with Crippen LogP contribution in [-0.4, -0.2) is 46.1 Å². The van der Waals surface area contributed by atoms with Gasteiger partial charge in [0.15, 0.2) is 0 Å². The van der Waals surface area contributed by atoms with Gasteiger partial charge in [0.25, 0.3) is 0 Å². The summed E-state index contributed by atoms with van der Waals surface area (Å²) in [5, 5.41) is 8.08. The normalized spacial score (nSPS) is 22.8. The summed E-state index contributed by atoms with van der Waals surface area (Å²) in [6.45, 7) is 1.91. The Bertz CT molecular complexity index is 732. The predicted molar refractivity (Wildman–Crippen MR) is 94.2 cm³/mol. The molecule has 1 N–H and O–H groups in total. The number of fused-ring (bicyclic) bond motifs is 2.